The zero-order valence-electron chi connectivity index (χ0n) is 14.2. The van der Waals surface area contributed by atoms with Crippen molar-refractivity contribution in [3.05, 3.63) is 34.9 Å². The highest BCUT2D eigenvalue weighted by Gasteiger charge is 2.05. The third-order valence-electron chi connectivity index (χ3n) is 3.32. The summed E-state index contributed by atoms with van der Waals surface area (Å²) >= 11 is 5.97. The number of nitrogens with zero attached hydrogens (tertiary/aromatic N) is 1. The van der Waals surface area contributed by atoms with Crippen molar-refractivity contribution in [1.29, 1.82) is 0 Å². The molecule has 1 amide bonds. The molecule has 0 saturated heterocycles. The lowest BCUT2D eigenvalue weighted by Crippen LogP contribution is -2.40. The monoisotopic (exact) mass is 338 g/mol. The van der Waals surface area contributed by atoms with Crippen LogP contribution >= 0.6 is 11.6 Å². The van der Waals surface area contributed by atoms with E-state index in [2.05, 4.69) is 27.9 Å². The van der Waals surface area contributed by atoms with Gasteiger partial charge in [0.15, 0.2) is 5.96 Å². The third-order valence-corrected chi connectivity index (χ3v) is 3.55. The standard InChI is InChI=1S/C17H27ClN4O/c1-4-13(3)22-16(23)9-10-20-17(19-5-2)21-12-14-7-6-8-15(18)11-14/h6-8,11,13H,4-5,9-10,12H2,1-3H3,(H,22,23)(H2,19,20,21). The Morgan fingerprint density at radius 2 is 2.09 bits per heavy atom. The van der Waals surface area contributed by atoms with Gasteiger partial charge in [0.2, 0.25) is 5.91 Å². The Labute approximate surface area is 143 Å². The fourth-order valence-electron chi connectivity index (χ4n) is 1.89. The van der Waals surface area contributed by atoms with E-state index in [9.17, 15) is 4.79 Å². The molecular formula is C17H27ClN4O. The number of hydrogen-bond acceptors (Lipinski definition) is 2. The number of hydrogen-bond donors (Lipinski definition) is 3. The predicted molar refractivity (Wildman–Crippen MR) is 96.8 cm³/mol. The molecule has 0 bridgehead atoms. The van der Waals surface area contributed by atoms with E-state index in [1.54, 1.807) is 0 Å². The highest BCUT2D eigenvalue weighted by molar-refractivity contribution is 6.30. The van der Waals surface area contributed by atoms with Crippen molar-refractivity contribution in [2.24, 2.45) is 4.99 Å². The Bertz CT molecular complexity index is 519. The number of nitrogens with one attached hydrogen (secondary N) is 3. The second-order valence-electron chi connectivity index (χ2n) is 5.38. The fourth-order valence-corrected chi connectivity index (χ4v) is 2.10. The summed E-state index contributed by atoms with van der Waals surface area (Å²) in [6, 6.07) is 7.85. The average molecular weight is 339 g/mol. The predicted octanol–water partition coefficient (Wildman–Crippen LogP) is 2.70. The van der Waals surface area contributed by atoms with Crippen LogP contribution in [-0.4, -0.2) is 31.0 Å². The first-order valence-electron chi connectivity index (χ1n) is 8.11. The maximum atomic E-state index is 11.7. The minimum atomic E-state index is 0.0533. The summed E-state index contributed by atoms with van der Waals surface area (Å²) in [7, 11) is 0. The lowest BCUT2D eigenvalue weighted by atomic mass is 10.2. The van der Waals surface area contributed by atoms with E-state index in [1.165, 1.54) is 0 Å². The van der Waals surface area contributed by atoms with Crippen molar-refractivity contribution < 1.29 is 4.79 Å². The molecule has 1 unspecified atom stereocenters. The van der Waals surface area contributed by atoms with Crippen LogP contribution in [-0.2, 0) is 11.3 Å². The fraction of sp³-hybridized carbons (Fsp3) is 0.529. The second kappa shape index (κ2) is 10.9. The van der Waals surface area contributed by atoms with Crippen LogP contribution in [0.1, 0.15) is 39.2 Å². The molecule has 3 N–H and O–H groups in total. The van der Waals surface area contributed by atoms with Gasteiger partial charge in [-0.15, -0.1) is 0 Å². The summed E-state index contributed by atoms with van der Waals surface area (Å²) in [5.74, 6) is 0.751. The number of amides is 1. The van der Waals surface area contributed by atoms with Crippen molar-refractivity contribution >= 4 is 23.5 Å². The maximum absolute atomic E-state index is 11.7. The van der Waals surface area contributed by atoms with Gasteiger partial charge in [0.05, 0.1) is 6.54 Å². The number of rotatable bonds is 8. The number of carbonyl (C=O) groups excluding carboxylic acids is 1. The first-order valence-corrected chi connectivity index (χ1v) is 8.48. The van der Waals surface area contributed by atoms with Gasteiger partial charge in [0, 0.05) is 30.6 Å². The Balaban J connectivity index is 2.45. The summed E-state index contributed by atoms with van der Waals surface area (Å²) < 4.78 is 0. The third kappa shape index (κ3) is 8.45. The second-order valence-corrected chi connectivity index (χ2v) is 5.82. The van der Waals surface area contributed by atoms with E-state index >= 15 is 0 Å². The Morgan fingerprint density at radius 1 is 1.30 bits per heavy atom. The number of carbonyl (C=O) groups is 1. The zero-order chi connectivity index (χ0) is 17.1. The van der Waals surface area contributed by atoms with Gasteiger partial charge in [-0.05, 0) is 38.0 Å². The van der Waals surface area contributed by atoms with Crippen LogP contribution < -0.4 is 16.0 Å². The molecule has 0 aliphatic carbocycles. The molecule has 0 aliphatic rings. The number of aliphatic imine (C=N–C) groups is 1. The molecule has 0 radical (unpaired) electrons. The normalized spacial score (nSPS) is 12.6. The highest BCUT2D eigenvalue weighted by atomic mass is 35.5. The number of benzene rings is 1. The highest BCUT2D eigenvalue weighted by Crippen LogP contribution is 2.11. The smallest absolute Gasteiger partial charge is 0.221 e. The van der Waals surface area contributed by atoms with Crippen molar-refractivity contribution in [3.8, 4) is 0 Å². The van der Waals surface area contributed by atoms with Crippen LogP contribution in [0, 0.1) is 0 Å². The molecule has 0 aromatic heterocycles. The molecule has 1 rings (SSSR count). The van der Waals surface area contributed by atoms with Gasteiger partial charge in [-0.1, -0.05) is 30.7 Å². The molecule has 0 aliphatic heterocycles. The van der Waals surface area contributed by atoms with Crippen molar-refractivity contribution in [3.63, 3.8) is 0 Å². The zero-order valence-corrected chi connectivity index (χ0v) is 14.9. The van der Waals surface area contributed by atoms with Gasteiger partial charge in [0.1, 0.15) is 0 Å². The van der Waals surface area contributed by atoms with Crippen LogP contribution in [0.25, 0.3) is 0 Å². The van der Waals surface area contributed by atoms with Gasteiger partial charge in [-0.2, -0.15) is 0 Å². The Hall–Kier alpha value is -1.75. The number of halogens is 1. The van der Waals surface area contributed by atoms with Crippen molar-refractivity contribution in [1.82, 2.24) is 16.0 Å². The minimum absolute atomic E-state index is 0.0533. The summed E-state index contributed by atoms with van der Waals surface area (Å²) in [4.78, 5) is 16.2. The quantitative estimate of drug-likeness (QED) is 0.504. The van der Waals surface area contributed by atoms with Crippen LogP contribution in [0.5, 0.6) is 0 Å². The van der Waals surface area contributed by atoms with Crippen molar-refractivity contribution in [2.75, 3.05) is 13.1 Å². The van der Waals surface area contributed by atoms with Gasteiger partial charge in [-0.3, -0.25) is 4.79 Å². The number of guanidine groups is 1. The topological polar surface area (TPSA) is 65.5 Å². The molecule has 5 nitrogen and oxygen atoms in total. The molecule has 1 atom stereocenters. The first-order chi connectivity index (χ1) is 11.0. The molecule has 1 aromatic carbocycles. The van der Waals surface area contributed by atoms with E-state index in [4.69, 9.17) is 11.6 Å². The maximum Gasteiger partial charge on any atom is 0.221 e. The molecule has 0 heterocycles. The molecule has 0 fully saturated rings. The van der Waals surface area contributed by atoms with Gasteiger partial charge in [-0.25, -0.2) is 4.99 Å². The summed E-state index contributed by atoms with van der Waals surface area (Å²) in [6.45, 7) is 7.90. The largest absolute Gasteiger partial charge is 0.357 e. The summed E-state index contributed by atoms with van der Waals surface area (Å²) in [6.07, 6.45) is 1.36. The molecule has 128 valence electrons. The molecule has 23 heavy (non-hydrogen) atoms. The summed E-state index contributed by atoms with van der Waals surface area (Å²) in [5, 5.41) is 9.99. The van der Waals surface area contributed by atoms with E-state index in [-0.39, 0.29) is 11.9 Å². The minimum Gasteiger partial charge on any atom is -0.357 e. The van der Waals surface area contributed by atoms with E-state index < -0.39 is 0 Å². The molecule has 0 spiro atoms. The SMILES string of the molecule is CCNC(=NCc1cccc(Cl)c1)NCCC(=O)NC(C)CC. The van der Waals surface area contributed by atoms with Gasteiger partial charge < -0.3 is 16.0 Å². The van der Waals surface area contributed by atoms with Crippen molar-refractivity contribution in [2.45, 2.75) is 46.2 Å². The Morgan fingerprint density at radius 3 is 2.74 bits per heavy atom. The first kappa shape index (κ1) is 19.3. The average Bonchev–Trinajstić information content (AvgIpc) is 2.52. The summed E-state index contributed by atoms with van der Waals surface area (Å²) in [5.41, 5.74) is 1.05. The molecular weight excluding hydrogens is 312 g/mol. The van der Waals surface area contributed by atoms with E-state index in [0.717, 1.165) is 18.5 Å². The van der Waals surface area contributed by atoms with Gasteiger partial charge in [0.25, 0.3) is 0 Å². The molecule has 6 heteroatoms. The lowest BCUT2D eigenvalue weighted by molar-refractivity contribution is -0.121. The van der Waals surface area contributed by atoms with E-state index in [0.29, 0.717) is 30.5 Å². The van der Waals surface area contributed by atoms with Crippen LogP contribution in [0.3, 0.4) is 0 Å². The van der Waals surface area contributed by atoms with Crippen LogP contribution in [0.2, 0.25) is 5.02 Å². The molecule has 1 aromatic rings. The van der Waals surface area contributed by atoms with Gasteiger partial charge >= 0.3 is 0 Å². The lowest BCUT2D eigenvalue weighted by Gasteiger charge is -2.13. The van der Waals surface area contributed by atoms with E-state index in [1.807, 2.05) is 38.1 Å². The molecule has 0 saturated carbocycles. The Kier molecular flexibility index (Phi) is 9.14. The van der Waals surface area contributed by atoms with Crippen LogP contribution in [0.15, 0.2) is 29.3 Å². The van der Waals surface area contributed by atoms with Crippen LogP contribution in [0.4, 0.5) is 0 Å².